The molecule has 1 aromatic heterocycles. The van der Waals surface area contributed by atoms with Crippen molar-refractivity contribution in [3.05, 3.63) is 17.9 Å². The topological polar surface area (TPSA) is 94.7 Å². The van der Waals surface area contributed by atoms with Gasteiger partial charge in [0, 0.05) is 12.2 Å². The zero-order chi connectivity index (χ0) is 11.4. The summed E-state index contributed by atoms with van der Waals surface area (Å²) in [6.07, 6.45) is 1.78. The molecule has 2 heterocycles. The Balaban J connectivity index is 2.03. The molecule has 16 heavy (non-hydrogen) atoms. The van der Waals surface area contributed by atoms with Crippen LogP contribution in [0.5, 0.6) is 0 Å². The van der Waals surface area contributed by atoms with Gasteiger partial charge in [0.2, 0.25) is 11.8 Å². The first-order chi connectivity index (χ1) is 7.75. The zero-order valence-corrected chi connectivity index (χ0v) is 8.33. The molecular weight excluding hydrogens is 216 g/mol. The first-order valence-electron chi connectivity index (χ1n) is 4.69. The highest BCUT2D eigenvalue weighted by atomic mass is 16.6. The van der Waals surface area contributed by atoms with Gasteiger partial charge in [0.05, 0.1) is 19.8 Å². The van der Waals surface area contributed by atoms with E-state index in [-0.39, 0.29) is 12.0 Å². The Morgan fingerprint density at radius 1 is 1.44 bits per heavy atom. The number of carboxylic acid groups (broad SMARTS) is 1. The van der Waals surface area contributed by atoms with Crippen molar-refractivity contribution < 1.29 is 23.8 Å². The SMILES string of the molecule is O=C(O)/C=C/c1nnc(C2COCCO2)o1. The Kier molecular flexibility index (Phi) is 3.28. The largest absolute Gasteiger partial charge is 0.478 e. The number of aromatic nitrogens is 2. The third kappa shape index (κ3) is 2.65. The van der Waals surface area contributed by atoms with E-state index in [0.717, 1.165) is 6.08 Å². The Bertz CT molecular complexity index is 394. The van der Waals surface area contributed by atoms with Crippen LogP contribution >= 0.6 is 0 Å². The fourth-order valence-corrected chi connectivity index (χ4v) is 1.22. The minimum atomic E-state index is -1.07. The lowest BCUT2D eigenvalue weighted by atomic mass is 10.3. The quantitative estimate of drug-likeness (QED) is 0.738. The van der Waals surface area contributed by atoms with E-state index in [1.807, 2.05) is 0 Å². The first-order valence-corrected chi connectivity index (χ1v) is 4.69. The second-order valence-corrected chi connectivity index (χ2v) is 3.08. The second-order valence-electron chi connectivity index (χ2n) is 3.08. The number of hydrogen-bond donors (Lipinski definition) is 1. The lowest BCUT2D eigenvalue weighted by Crippen LogP contribution is -2.22. The van der Waals surface area contributed by atoms with Crippen LogP contribution in [-0.4, -0.2) is 41.1 Å². The van der Waals surface area contributed by atoms with E-state index in [1.54, 1.807) is 0 Å². The molecule has 1 unspecified atom stereocenters. The minimum Gasteiger partial charge on any atom is -0.478 e. The molecule has 1 N–H and O–H groups in total. The van der Waals surface area contributed by atoms with Gasteiger partial charge in [0.1, 0.15) is 0 Å². The maximum absolute atomic E-state index is 10.3. The van der Waals surface area contributed by atoms with Crippen LogP contribution in [0.15, 0.2) is 10.5 Å². The van der Waals surface area contributed by atoms with E-state index >= 15 is 0 Å². The third-order valence-electron chi connectivity index (χ3n) is 1.92. The molecular formula is C9H10N2O5. The van der Waals surface area contributed by atoms with Crippen molar-refractivity contribution in [3.63, 3.8) is 0 Å². The molecule has 0 aliphatic carbocycles. The molecule has 0 saturated carbocycles. The average molecular weight is 226 g/mol. The molecule has 0 spiro atoms. The smallest absolute Gasteiger partial charge is 0.328 e. The van der Waals surface area contributed by atoms with E-state index in [2.05, 4.69) is 10.2 Å². The summed E-state index contributed by atoms with van der Waals surface area (Å²) >= 11 is 0. The van der Waals surface area contributed by atoms with Gasteiger partial charge in [-0.2, -0.15) is 0 Å². The molecule has 1 aromatic rings. The highest BCUT2D eigenvalue weighted by Crippen LogP contribution is 2.19. The average Bonchev–Trinajstić information content (AvgIpc) is 2.76. The normalized spacial score (nSPS) is 21.4. The molecule has 1 saturated heterocycles. The summed E-state index contributed by atoms with van der Waals surface area (Å²) in [7, 11) is 0. The Hall–Kier alpha value is -1.73. The molecule has 1 aliphatic rings. The molecule has 2 rings (SSSR count). The van der Waals surface area contributed by atoms with E-state index in [0.29, 0.717) is 25.7 Å². The molecule has 1 aliphatic heterocycles. The van der Waals surface area contributed by atoms with Gasteiger partial charge in [-0.3, -0.25) is 0 Å². The maximum Gasteiger partial charge on any atom is 0.328 e. The molecule has 86 valence electrons. The Morgan fingerprint density at radius 3 is 3.00 bits per heavy atom. The van der Waals surface area contributed by atoms with Gasteiger partial charge in [-0.1, -0.05) is 0 Å². The van der Waals surface area contributed by atoms with Gasteiger partial charge in [0.15, 0.2) is 6.10 Å². The van der Waals surface area contributed by atoms with E-state index in [1.165, 1.54) is 6.08 Å². The van der Waals surface area contributed by atoms with Gasteiger partial charge in [-0.05, 0) is 0 Å². The fourth-order valence-electron chi connectivity index (χ4n) is 1.22. The summed E-state index contributed by atoms with van der Waals surface area (Å²) < 4.78 is 15.7. The van der Waals surface area contributed by atoms with Crippen molar-refractivity contribution in [2.24, 2.45) is 0 Å². The summed E-state index contributed by atoms with van der Waals surface area (Å²) in [5, 5.41) is 15.8. The monoisotopic (exact) mass is 226 g/mol. The number of nitrogens with zero attached hydrogens (tertiary/aromatic N) is 2. The Labute approximate surface area is 90.7 Å². The highest BCUT2D eigenvalue weighted by molar-refractivity contribution is 5.84. The second kappa shape index (κ2) is 4.86. The number of rotatable bonds is 3. The van der Waals surface area contributed by atoms with Gasteiger partial charge in [0.25, 0.3) is 0 Å². The third-order valence-corrected chi connectivity index (χ3v) is 1.92. The van der Waals surface area contributed by atoms with Gasteiger partial charge < -0.3 is 19.0 Å². The number of carbonyl (C=O) groups is 1. The zero-order valence-electron chi connectivity index (χ0n) is 8.33. The van der Waals surface area contributed by atoms with E-state index in [9.17, 15) is 4.79 Å². The molecule has 1 atom stereocenters. The van der Waals surface area contributed by atoms with Crippen LogP contribution in [0.3, 0.4) is 0 Å². The number of aliphatic carboxylic acids is 1. The van der Waals surface area contributed by atoms with Crippen molar-refractivity contribution in [1.29, 1.82) is 0 Å². The van der Waals surface area contributed by atoms with Crippen LogP contribution in [0.1, 0.15) is 17.9 Å². The molecule has 0 amide bonds. The minimum absolute atomic E-state index is 0.131. The molecule has 7 heteroatoms. The predicted octanol–water partition coefficient (Wildman–Crippen LogP) is 0.255. The van der Waals surface area contributed by atoms with Crippen molar-refractivity contribution in [2.45, 2.75) is 6.10 Å². The maximum atomic E-state index is 10.3. The number of ether oxygens (including phenoxy) is 2. The van der Waals surface area contributed by atoms with Crippen molar-refractivity contribution in [1.82, 2.24) is 10.2 Å². The van der Waals surface area contributed by atoms with Crippen LogP contribution in [0.2, 0.25) is 0 Å². The van der Waals surface area contributed by atoms with Crippen LogP contribution in [0, 0.1) is 0 Å². The van der Waals surface area contributed by atoms with E-state index < -0.39 is 5.97 Å². The fraction of sp³-hybridized carbons (Fsp3) is 0.444. The van der Waals surface area contributed by atoms with Gasteiger partial charge in [-0.15, -0.1) is 10.2 Å². The number of carboxylic acids is 1. The van der Waals surface area contributed by atoms with Gasteiger partial charge >= 0.3 is 5.97 Å². The molecule has 1 fully saturated rings. The molecule has 0 aromatic carbocycles. The summed E-state index contributed by atoms with van der Waals surface area (Å²) in [6.45, 7) is 1.40. The molecule has 0 radical (unpaired) electrons. The Morgan fingerprint density at radius 2 is 2.31 bits per heavy atom. The molecule has 0 bridgehead atoms. The van der Waals surface area contributed by atoms with E-state index in [4.69, 9.17) is 19.0 Å². The molecule has 7 nitrogen and oxygen atoms in total. The van der Waals surface area contributed by atoms with Crippen LogP contribution < -0.4 is 0 Å². The summed E-state index contributed by atoms with van der Waals surface area (Å²) in [6, 6.07) is 0. The highest BCUT2D eigenvalue weighted by Gasteiger charge is 2.22. The summed E-state index contributed by atoms with van der Waals surface area (Å²) in [5.41, 5.74) is 0. The van der Waals surface area contributed by atoms with Crippen LogP contribution in [-0.2, 0) is 14.3 Å². The predicted molar refractivity (Wildman–Crippen MR) is 50.5 cm³/mol. The van der Waals surface area contributed by atoms with Crippen molar-refractivity contribution in [3.8, 4) is 0 Å². The summed E-state index contributed by atoms with van der Waals surface area (Å²) in [5.74, 6) is -0.645. The standard InChI is InChI=1S/C9H10N2O5/c12-8(13)2-1-7-10-11-9(16-7)6-5-14-3-4-15-6/h1-2,6H,3-5H2,(H,12,13)/b2-1+. The lowest BCUT2D eigenvalue weighted by molar-refractivity contribution is -0.131. The van der Waals surface area contributed by atoms with Crippen LogP contribution in [0.25, 0.3) is 6.08 Å². The van der Waals surface area contributed by atoms with Crippen molar-refractivity contribution in [2.75, 3.05) is 19.8 Å². The van der Waals surface area contributed by atoms with Crippen LogP contribution in [0.4, 0.5) is 0 Å². The first kappa shape index (κ1) is 10.8. The van der Waals surface area contributed by atoms with Gasteiger partial charge in [-0.25, -0.2) is 4.79 Å². The number of hydrogen-bond acceptors (Lipinski definition) is 6. The van der Waals surface area contributed by atoms with Crippen molar-refractivity contribution >= 4 is 12.0 Å². The lowest BCUT2D eigenvalue weighted by Gasteiger charge is -2.19. The summed E-state index contributed by atoms with van der Waals surface area (Å²) in [4.78, 5) is 10.3.